The number of amides is 2. The first-order valence-corrected chi connectivity index (χ1v) is 10.0. The summed E-state index contributed by atoms with van der Waals surface area (Å²) in [6.45, 7) is 1.98. The second kappa shape index (κ2) is 7.09. The molecule has 0 radical (unpaired) electrons. The SMILES string of the molecule is CN(C(=O)c1ccnc(C(=O)N2CCOCC2)c1)C1CCS(=O)(=O)C1. The van der Waals surface area contributed by atoms with Crippen LogP contribution in [0.3, 0.4) is 0 Å². The number of aromatic nitrogens is 1. The van der Waals surface area contributed by atoms with Gasteiger partial charge in [0.2, 0.25) is 0 Å². The summed E-state index contributed by atoms with van der Waals surface area (Å²) in [5.74, 6) is -0.448. The third-order valence-electron chi connectivity index (χ3n) is 4.60. The molecule has 0 saturated carbocycles. The zero-order valence-corrected chi connectivity index (χ0v) is 14.9. The van der Waals surface area contributed by atoms with Gasteiger partial charge in [-0.3, -0.25) is 14.6 Å². The highest BCUT2D eigenvalue weighted by atomic mass is 32.2. The molecule has 0 spiro atoms. The Hall–Kier alpha value is -2.00. The van der Waals surface area contributed by atoms with E-state index in [-0.39, 0.29) is 35.1 Å². The van der Waals surface area contributed by atoms with Gasteiger partial charge >= 0.3 is 0 Å². The molecule has 8 nitrogen and oxygen atoms in total. The van der Waals surface area contributed by atoms with Crippen molar-refractivity contribution in [3.8, 4) is 0 Å². The lowest BCUT2D eigenvalue weighted by atomic mass is 10.1. The molecule has 136 valence electrons. The second-order valence-corrected chi connectivity index (χ2v) is 8.54. The van der Waals surface area contributed by atoms with Crippen LogP contribution in [-0.4, -0.2) is 85.9 Å². The fourth-order valence-corrected chi connectivity index (χ4v) is 4.83. The van der Waals surface area contributed by atoms with Gasteiger partial charge in [-0.1, -0.05) is 0 Å². The molecule has 25 heavy (non-hydrogen) atoms. The van der Waals surface area contributed by atoms with E-state index in [1.54, 1.807) is 18.0 Å². The first-order chi connectivity index (χ1) is 11.9. The van der Waals surface area contributed by atoms with Crippen LogP contribution in [0.15, 0.2) is 18.3 Å². The summed E-state index contributed by atoms with van der Waals surface area (Å²) >= 11 is 0. The lowest BCUT2D eigenvalue weighted by molar-refractivity contribution is 0.0299. The summed E-state index contributed by atoms with van der Waals surface area (Å²) in [6.07, 6.45) is 1.87. The van der Waals surface area contributed by atoms with Crippen molar-refractivity contribution in [2.45, 2.75) is 12.5 Å². The highest BCUT2D eigenvalue weighted by Gasteiger charge is 2.33. The highest BCUT2D eigenvalue weighted by molar-refractivity contribution is 7.91. The molecule has 9 heteroatoms. The fourth-order valence-electron chi connectivity index (χ4n) is 3.06. The molecule has 0 bridgehead atoms. The summed E-state index contributed by atoms with van der Waals surface area (Å²) in [6, 6.07) is 2.68. The van der Waals surface area contributed by atoms with Gasteiger partial charge in [0.05, 0.1) is 24.7 Å². The van der Waals surface area contributed by atoms with Crippen LogP contribution >= 0.6 is 0 Å². The van der Waals surface area contributed by atoms with Gasteiger partial charge in [-0.25, -0.2) is 8.42 Å². The van der Waals surface area contributed by atoms with Gasteiger partial charge < -0.3 is 14.5 Å². The largest absolute Gasteiger partial charge is 0.378 e. The average Bonchev–Trinajstić information content (AvgIpc) is 3.00. The van der Waals surface area contributed by atoms with Gasteiger partial charge in [0, 0.05) is 37.9 Å². The monoisotopic (exact) mass is 367 g/mol. The van der Waals surface area contributed by atoms with E-state index >= 15 is 0 Å². The standard InChI is InChI=1S/C16H21N3O5S/c1-18(13-3-9-25(22,23)11-13)15(20)12-2-4-17-14(10-12)16(21)19-5-7-24-8-6-19/h2,4,10,13H,3,5-9,11H2,1H3. The van der Waals surface area contributed by atoms with Crippen molar-refractivity contribution in [2.75, 3.05) is 44.9 Å². The van der Waals surface area contributed by atoms with Crippen molar-refractivity contribution in [1.82, 2.24) is 14.8 Å². The molecule has 1 aromatic heterocycles. The Morgan fingerprint density at radius 3 is 2.68 bits per heavy atom. The number of nitrogens with zero attached hydrogens (tertiary/aromatic N) is 3. The van der Waals surface area contributed by atoms with Crippen LogP contribution in [0.2, 0.25) is 0 Å². The number of carbonyl (C=O) groups excluding carboxylic acids is 2. The van der Waals surface area contributed by atoms with Crippen LogP contribution in [-0.2, 0) is 14.6 Å². The van der Waals surface area contributed by atoms with Crippen molar-refractivity contribution in [2.24, 2.45) is 0 Å². The van der Waals surface area contributed by atoms with Crippen molar-refractivity contribution in [3.05, 3.63) is 29.6 Å². The molecule has 3 rings (SSSR count). The van der Waals surface area contributed by atoms with Crippen LogP contribution in [0.5, 0.6) is 0 Å². The average molecular weight is 367 g/mol. The number of ether oxygens (including phenoxy) is 1. The number of pyridine rings is 1. The number of hydrogen-bond acceptors (Lipinski definition) is 6. The predicted octanol–water partition coefficient (Wildman–Crippen LogP) is -0.187. The van der Waals surface area contributed by atoms with Gasteiger partial charge in [-0.05, 0) is 18.6 Å². The van der Waals surface area contributed by atoms with Crippen molar-refractivity contribution in [1.29, 1.82) is 0 Å². The molecule has 0 aliphatic carbocycles. The Kier molecular flexibility index (Phi) is 5.05. The molecule has 2 amide bonds. The molecular formula is C16H21N3O5S. The molecule has 1 atom stereocenters. The number of carbonyl (C=O) groups is 2. The number of sulfone groups is 1. The van der Waals surface area contributed by atoms with E-state index in [4.69, 9.17) is 4.74 Å². The third kappa shape index (κ3) is 3.98. The molecule has 2 aliphatic heterocycles. The first-order valence-electron chi connectivity index (χ1n) is 8.18. The minimum absolute atomic E-state index is 0.0140. The Balaban J connectivity index is 1.74. The second-order valence-electron chi connectivity index (χ2n) is 6.31. The fraction of sp³-hybridized carbons (Fsp3) is 0.562. The molecule has 0 N–H and O–H groups in total. The van der Waals surface area contributed by atoms with E-state index in [9.17, 15) is 18.0 Å². The maximum atomic E-state index is 12.7. The van der Waals surface area contributed by atoms with E-state index in [0.717, 1.165) is 0 Å². The maximum absolute atomic E-state index is 12.7. The molecule has 2 fully saturated rings. The summed E-state index contributed by atoms with van der Waals surface area (Å²) in [5.41, 5.74) is 0.540. The Labute approximate surface area is 146 Å². The molecule has 1 aromatic rings. The Bertz CT molecular complexity index is 774. The van der Waals surface area contributed by atoms with E-state index in [0.29, 0.717) is 38.3 Å². The summed E-state index contributed by atoms with van der Waals surface area (Å²) in [4.78, 5) is 32.3. The van der Waals surface area contributed by atoms with Crippen molar-refractivity contribution < 1.29 is 22.7 Å². The minimum atomic E-state index is -3.07. The van der Waals surface area contributed by atoms with Gasteiger partial charge in [-0.2, -0.15) is 0 Å². The van der Waals surface area contributed by atoms with Crippen LogP contribution < -0.4 is 0 Å². The van der Waals surface area contributed by atoms with Crippen molar-refractivity contribution in [3.63, 3.8) is 0 Å². The van der Waals surface area contributed by atoms with E-state index in [1.807, 2.05) is 0 Å². The van der Waals surface area contributed by atoms with Crippen LogP contribution in [0.4, 0.5) is 0 Å². The van der Waals surface area contributed by atoms with E-state index in [1.165, 1.54) is 17.2 Å². The maximum Gasteiger partial charge on any atom is 0.272 e. The summed E-state index contributed by atoms with van der Waals surface area (Å²) < 4.78 is 28.5. The lowest BCUT2D eigenvalue weighted by Crippen LogP contribution is -2.41. The third-order valence-corrected chi connectivity index (χ3v) is 6.35. The van der Waals surface area contributed by atoms with Gasteiger partial charge in [-0.15, -0.1) is 0 Å². The normalized spacial score (nSPS) is 22.6. The summed E-state index contributed by atoms with van der Waals surface area (Å²) in [7, 11) is -1.48. The number of hydrogen-bond donors (Lipinski definition) is 0. The topological polar surface area (TPSA) is 96.9 Å². The lowest BCUT2D eigenvalue weighted by Gasteiger charge is -2.27. The molecule has 0 aromatic carbocycles. The van der Waals surface area contributed by atoms with Gasteiger partial charge in [0.25, 0.3) is 11.8 Å². The Morgan fingerprint density at radius 2 is 2.04 bits per heavy atom. The summed E-state index contributed by atoms with van der Waals surface area (Å²) in [5, 5.41) is 0. The van der Waals surface area contributed by atoms with Crippen LogP contribution in [0.1, 0.15) is 27.3 Å². The zero-order valence-electron chi connectivity index (χ0n) is 14.1. The van der Waals surface area contributed by atoms with Gasteiger partial charge in [0.15, 0.2) is 9.84 Å². The Morgan fingerprint density at radius 1 is 1.32 bits per heavy atom. The predicted molar refractivity (Wildman–Crippen MR) is 90.1 cm³/mol. The molecule has 3 heterocycles. The van der Waals surface area contributed by atoms with Crippen molar-refractivity contribution >= 4 is 21.7 Å². The van der Waals surface area contributed by atoms with Crippen LogP contribution in [0.25, 0.3) is 0 Å². The smallest absolute Gasteiger partial charge is 0.272 e. The van der Waals surface area contributed by atoms with E-state index < -0.39 is 9.84 Å². The zero-order chi connectivity index (χ0) is 18.0. The number of rotatable bonds is 3. The quantitative estimate of drug-likeness (QED) is 0.735. The molecule has 1 unspecified atom stereocenters. The molecule has 2 aliphatic rings. The highest BCUT2D eigenvalue weighted by Crippen LogP contribution is 2.19. The van der Waals surface area contributed by atoms with E-state index in [2.05, 4.69) is 4.98 Å². The molecule has 2 saturated heterocycles. The van der Waals surface area contributed by atoms with Crippen LogP contribution in [0, 0.1) is 0 Å². The first kappa shape index (κ1) is 17.8. The minimum Gasteiger partial charge on any atom is -0.378 e. The number of morpholine rings is 1. The molecular weight excluding hydrogens is 346 g/mol. The van der Waals surface area contributed by atoms with Gasteiger partial charge in [0.1, 0.15) is 5.69 Å².